The number of nitrogens with zero attached hydrogens (tertiary/aromatic N) is 3. The van der Waals surface area contributed by atoms with Crippen molar-refractivity contribution in [2.24, 2.45) is 0 Å². The minimum atomic E-state index is -0.178. The van der Waals surface area contributed by atoms with Gasteiger partial charge in [0, 0.05) is 13.2 Å². The number of benzene rings is 1. The van der Waals surface area contributed by atoms with Crippen molar-refractivity contribution in [1.29, 1.82) is 0 Å². The predicted octanol–water partition coefficient (Wildman–Crippen LogP) is 3.36. The molecule has 0 bridgehead atoms. The summed E-state index contributed by atoms with van der Waals surface area (Å²) >= 11 is 1.60. The standard InChI is InChI=1S/C15H14N4OS/c1-19(15(20)17-11-5-4-8-16-9-11)10-14-18-12-6-2-3-7-13(12)21-14/h2-9H,10H2,1H3,(H,17,20). The fourth-order valence-electron chi connectivity index (χ4n) is 1.92. The van der Waals surface area contributed by atoms with Gasteiger partial charge in [0.05, 0.1) is 28.6 Å². The van der Waals surface area contributed by atoms with Gasteiger partial charge in [0.25, 0.3) is 0 Å². The van der Waals surface area contributed by atoms with Crippen molar-refractivity contribution < 1.29 is 4.79 Å². The third kappa shape index (κ3) is 3.17. The van der Waals surface area contributed by atoms with Gasteiger partial charge in [0.2, 0.25) is 0 Å². The molecule has 0 saturated carbocycles. The monoisotopic (exact) mass is 298 g/mol. The molecule has 0 radical (unpaired) electrons. The van der Waals surface area contributed by atoms with Crippen molar-refractivity contribution in [2.45, 2.75) is 6.54 Å². The van der Waals surface area contributed by atoms with Gasteiger partial charge in [0.1, 0.15) is 5.01 Å². The summed E-state index contributed by atoms with van der Waals surface area (Å²) in [5.74, 6) is 0. The Morgan fingerprint density at radius 1 is 1.29 bits per heavy atom. The normalized spacial score (nSPS) is 10.5. The minimum absolute atomic E-state index is 0.178. The molecule has 0 unspecified atom stereocenters. The molecule has 21 heavy (non-hydrogen) atoms. The highest BCUT2D eigenvalue weighted by Gasteiger charge is 2.12. The Bertz CT molecular complexity index is 723. The van der Waals surface area contributed by atoms with E-state index in [-0.39, 0.29) is 6.03 Å². The van der Waals surface area contributed by atoms with Crippen molar-refractivity contribution >= 4 is 33.3 Å². The Labute approximate surface area is 126 Å². The fraction of sp³-hybridized carbons (Fsp3) is 0.133. The van der Waals surface area contributed by atoms with Gasteiger partial charge in [0.15, 0.2) is 0 Å². The Kier molecular flexibility index (Phi) is 3.79. The van der Waals surface area contributed by atoms with Crippen LogP contribution in [0.15, 0.2) is 48.8 Å². The van der Waals surface area contributed by atoms with Crippen LogP contribution in [0.2, 0.25) is 0 Å². The maximum atomic E-state index is 12.1. The van der Waals surface area contributed by atoms with E-state index in [4.69, 9.17) is 0 Å². The number of pyridine rings is 1. The number of urea groups is 1. The summed E-state index contributed by atoms with van der Waals surface area (Å²) in [6.07, 6.45) is 3.28. The van der Waals surface area contributed by atoms with E-state index in [1.54, 1.807) is 47.8 Å². The lowest BCUT2D eigenvalue weighted by atomic mass is 10.3. The molecule has 0 aliphatic rings. The second-order valence-corrected chi connectivity index (χ2v) is 5.72. The van der Waals surface area contributed by atoms with Crippen LogP contribution in [-0.4, -0.2) is 27.9 Å². The Morgan fingerprint density at radius 2 is 2.14 bits per heavy atom. The lowest BCUT2D eigenvalue weighted by Crippen LogP contribution is -2.30. The molecule has 2 heterocycles. The highest BCUT2D eigenvalue weighted by molar-refractivity contribution is 7.18. The molecule has 0 saturated heterocycles. The largest absolute Gasteiger partial charge is 0.322 e. The maximum Gasteiger partial charge on any atom is 0.322 e. The van der Waals surface area contributed by atoms with E-state index >= 15 is 0 Å². The van der Waals surface area contributed by atoms with Crippen LogP contribution >= 0.6 is 11.3 Å². The summed E-state index contributed by atoms with van der Waals surface area (Å²) < 4.78 is 1.13. The molecule has 106 valence electrons. The number of thiazole rings is 1. The summed E-state index contributed by atoms with van der Waals surface area (Å²) in [7, 11) is 1.75. The van der Waals surface area contributed by atoms with E-state index in [1.165, 1.54) is 0 Å². The zero-order valence-corrected chi connectivity index (χ0v) is 12.3. The topological polar surface area (TPSA) is 58.1 Å². The number of hydrogen-bond acceptors (Lipinski definition) is 4. The molecular weight excluding hydrogens is 284 g/mol. The zero-order valence-electron chi connectivity index (χ0n) is 11.5. The molecule has 3 aromatic rings. The Hall–Kier alpha value is -2.47. The summed E-state index contributed by atoms with van der Waals surface area (Å²) in [5, 5.41) is 3.71. The molecule has 0 aliphatic carbocycles. The van der Waals surface area contributed by atoms with Crippen molar-refractivity contribution in [3.63, 3.8) is 0 Å². The van der Waals surface area contributed by atoms with Gasteiger partial charge in [-0.3, -0.25) is 4.98 Å². The number of aromatic nitrogens is 2. The smallest absolute Gasteiger partial charge is 0.321 e. The SMILES string of the molecule is CN(Cc1nc2ccccc2s1)C(=O)Nc1cccnc1. The average Bonchev–Trinajstić information content (AvgIpc) is 2.90. The predicted molar refractivity (Wildman–Crippen MR) is 84.3 cm³/mol. The molecule has 6 heteroatoms. The maximum absolute atomic E-state index is 12.1. The number of anilines is 1. The van der Waals surface area contributed by atoms with E-state index in [2.05, 4.69) is 15.3 Å². The fourth-order valence-corrected chi connectivity index (χ4v) is 2.94. The summed E-state index contributed by atoms with van der Waals surface area (Å²) in [6.45, 7) is 0.478. The number of carbonyl (C=O) groups excluding carboxylic acids is 1. The highest BCUT2D eigenvalue weighted by atomic mass is 32.1. The van der Waals surface area contributed by atoms with E-state index < -0.39 is 0 Å². The molecule has 1 aromatic carbocycles. The van der Waals surface area contributed by atoms with Gasteiger partial charge < -0.3 is 10.2 Å². The minimum Gasteiger partial charge on any atom is -0.321 e. The number of para-hydroxylation sites is 1. The molecular formula is C15H14N4OS. The second-order valence-electron chi connectivity index (χ2n) is 4.60. The van der Waals surface area contributed by atoms with Crippen LogP contribution in [0.25, 0.3) is 10.2 Å². The number of amides is 2. The summed E-state index contributed by atoms with van der Waals surface area (Å²) in [5.41, 5.74) is 1.65. The average molecular weight is 298 g/mol. The van der Waals surface area contributed by atoms with Crippen LogP contribution in [0.3, 0.4) is 0 Å². The van der Waals surface area contributed by atoms with Gasteiger partial charge >= 0.3 is 6.03 Å². The third-order valence-electron chi connectivity index (χ3n) is 2.97. The van der Waals surface area contributed by atoms with Crippen molar-refractivity contribution in [3.05, 3.63) is 53.8 Å². The van der Waals surface area contributed by atoms with Gasteiger partial charge in [-0.15, -0.1) is 11.3 Å². The molecule has 2 amide bonds. The van der Waals surface area contributed by atoms with E-state index in [0.29, 0.717) is 12.2 Å². The summed E-state index contributed by atoms with van der Waals surface area (Å²) in [4.78, 5) is 22.2. The van der Waals surface area contributed by atoms with E-state index in [0.717, 1.165) is 15.2 Å². The lowest BCUT2D eigenvalue weighted by Gasteiger charge is -2.16. The molecule has 5 nitrogen and oxygen atoms in total. The first-order valence-corrected chi connectivity index (χ1v) is 7.30. The van der Waals surface area contributed by atoms with Gasteiger partial charge in [-0.1, -0.05) is 12.1 Å². The molecule has 0 aliphatic heterocycles. The molecule has 0 atom stereocenters. The molecule has 3 rings (SSSR count). The van der Waals surface area contributed by atoms with Crippen LogP contribution in [0.5, 0.6) is 0 Å². The highest BCUT2D eigenvalue weighted by Crippen LogP contribution is 2.22. The summed E-state index contributed by atoms with van der Waals surface area (Å²) in [6, 6.07) is 11.4. The molecule has 0 spiro atoms. The van der Waals surface area contributed by atoms with E-state index in [9.17, 15) is 4.79 Å². The number of carbonyl (C=O) groups is 1. The first-order valence-electron chi connectivity index (χ1n) is 6.49. The molecule has 2 aromatic heterocycles. The second kappa shape index (κ2) is 5.88. The van der Waals surface area contributed by atoms with Crippen molar-refractivity contribution in [2.75, 3.05) is 12.4 Å². The van der Waals surface area contributed by atoms with Crippen LogP contribution < -0.4 is 5.32 Å². The molecule has 0 fully saturated rings. The van der Waals surface area contributed by atoms with Gasteiger partial charge in [-0.05, 0) is 24.3 Å². The quantitative estimate of drug-likeness (QED) is 0.806. The number of rotatable bonds is 3. The lowest BCUT2D eigenvalue weighted by molar-refractivity contribution is 0.220. The van der Waals surface area contributed by atoms with Gasteiger partial charge in [-0.25, -0.2) is 9.78 Å². The van der Waals surface area contributed by atoms with Crippen molar-refractivity contribution in [1.82, 2.24) is 14.9 Å². The number of nitrogens with one attached hydrogen (secondary N) is 1. The first kappa shape index (κ1) is 13.5. The van der Waals surface area contributed by atoms with Crippen molar-refractivity contribution in [3.8, 4) is 0 Å². The van der Waals surface area contributed by atoms with Crippen LogP contribution in [0.4, 0.5) is 10.5 Å². The van der Waals surface area contributed by atoms with Crippen LogP contribution in [-0.2, 0) is 6.54 Å². The van der Waals surface area contributed by atoms with Crippen LogP contribution in [0.1, 0.15) is 5.01 Å². The Balaban J connectivity index is 1.67. The first-order chi connectivity index (χ1) is 10.2. The zero-order chi connectivity index (χ0) is 14.7. The third-order valence-corrected chi connectivity index (χ3v) is 3.99. The Morgan fingerprint density at radius 3 is 2.90 bits per heavy atom. The van der Waals surface area contributed by atoms with Crippen LogP contribution in [0, 0.1) is 0 Å². The van der Waals surface area contributed by atoms with Gasteiger partial charge in [-0.2, -0.15) is 0 Å². The van der Waals surface area contributed by atoms with E-state index in [1.807, 2.05) is 24.3 Å². The number of hydrogen-bond donors (Lipinski definition) is 1. The number of fused-ring (bicyclic) bond motifs is 1. The molecule has 1 N–H and O–H groups in total.